The summed E-state index contributed by atoms with van der Waals surface area (Å²) in [7, 11) is -9.89. The van der Waals surface area contributed by atoms with Gasteiger partial charge in [0, 0.05) is 5.39 Å². The van der Waals surface area contributed by atoms with Crippen molar-refractivity contribution in [1.29, 1.82) is 0 Å². The van der Waals surface area contributed by atoms with E-state index in [-0.39, 0.29) is 5.39 Å². The average Bonchev–Trinajstić information content (AvgIpc) is 2.63. The van der Waals surface area contributed by atoms with Gasteiger partial charge >= 0.3 is 0 Å². The van der Waals surface area contributed by atoms with Crippen LogP contribution in [-0.4, -0.2) is 25.9 Å². The van der Waals surface area contributed by atoms with Gasteiger partial charge in [-0.25, -0.2) is 0 Å². The van der Waals surface area contributed by atoms with Crippen molar-refractivity contribution in [2.24, 2.45) is 0 Å². The topological polar surface area (TPSA) is 109 Å². The first kappa shape index (κ1) is 17.3. The Bertz CT molecular complexity index is 1650. The molecule has 0 bridgehead atoms. The number of rotatable bonds is 2. The van der Waals surface area contributed by atoms with Gasteiger partial charge in [-0.1, -0.05) is 54.6 Å². The second-order valence-electron chi connectivity index (χ2n) is 6.64. The zero-order valence-corrected chi connectivity index (χ0v) is 15.8. The minimum absolute atomic E-state index is 0.0764. The van der Waals surface area contributed by atoms with E-state index in [0.29, 0.717) is 16.2 Å². The molecule has 0 spiro atoms. The van der Waals surface area contributed by atoms with Gasteiger partial charge in [0.2, 0.25) is 0 Å². The minimum atomic E-state index is -4.97. The maximum absolute atomic E-state index is 12.3. The molecule has 0 atom stereocenters. The SMILES string of the molecule is O=S(=O)(O)c1cc2cccc3c4cccc5cccc(c(c1S(=O)(=O)O)c23)c54. The number of benzene rings is 5. The molecule has 0 fully saturated rings. The monoisotopic (exact) mass is 412 g/mol. The first-order valence-corrected chi connectivity index (χ1v) is 11.1. The lowest BCUT2D eigenvalue weighted by molar-refractivity contribution is 0.468. The smallest absolute Gasteiger partial charge is 0.282 e. The summed E-state index contributed by atoms with van der Waals surface area (Å²) in [5, 5.41) is 4.71. The van der Waals surface area contributed by atoms with E-state index < -0.39 is 30.0 Å². The van der Waals surface area contributed by atoms with Crippen LogP contribution in [-0.2, 0) is 20.2 Å². The van der Waals surface area contributed by atoms with Crippen molar-refractivity contribution in [3.05, 3.63) is 60.7 Å². The lowest BCUT2D eigenvalue weighted by atomic mass is 9.90. The molecule has 0 heterocycles. The van der Waals surface area contributed by atoms with Crippen LogP contribution in [0.3, 0.4) is 0 Å². The summed E-state index contributed by atoms with van der Waals surface area (Å²) in [6.07, 6.45) is 0. The third-order valence-electron chi connectivity index (χ3n) is 5.08. The average molecular weight is 412 g/mol. The van der Waals surface area contributed by atoms with E-state index in [9.17, 15) is 25.9 Å². The lowest BCUT2D eigenvalue weighted by Gasteiger charge is -2.17. The molecule has 140 valence electrons. The molecule has 0 radical (unpaired) electrons. The van der Waals surface area contributed by atoms with Gasteiger partial charge in [-0.15, -0.1) is 0 Å². The van der Waals surface area contributed by atoms with Gasteiger partial charge in [-0.3, -0.25) is 9.11 Å². The summed E-state index contributed by atoms with van der Waals surface area (Å²) in [4.78, 5) is -1.65. The van der Waals surface area contributed by atoms with E-state index in [1.165, 1.54) is 0 Å². The summed E-state index contributed by atoms with van der Waals surface area (Å²) >= 11 is 0. The molecule has 0 aliphatic rings. The summed E-state index contributed by atoms with van der Waals surface area (Å²) in [5.41, 5.74) is 0. The predicted molar refractivity (Wildman–Crippen MR) is 107 cm³/mol. The lowest BCUT2D eigenvalue weighted by Crippen LogP contribution is -2.10. The Kier molecular flexibility index (Phi) is 3.34. The number of hydrogen-bond donors (Lipinski definition) is 2. The van der Waals surface area contributed by atoms with Crippen LogP contribution in [0.4, 0.5) is 0 Å². The number of hydrogen-bond acceptors (Lipinski definition) is 4. The first-order valence-electron chi connectivity index (χ1n) is 8.25. The van der Waals surface area contributed by atoms with Crippen LogP contribution >= 0.6 is 0 Å². The second-order valence-corrected chi connectivity index (χ2v) is 9.39. The molecule has 2 N–H and O–H groups in total. The van der Waals surface area contributed by atoms with Gasteiger partial charge in [0.25, 0.3) is 20.2 Å². The Balaban J connectivity index is 2.30. The minimum Gasteiger partial charge on any atom is -0.282 e. The summed E-state index contributed by atoms with van der Waals surface area (Å²) in [6.45, 7) is 0. The molecule has 28 heavy (non-hydrogen) atoms. The van der Waals surface area contributed by atoms with Crippen molar-refractivity contribution in [2.75, 3.05) is 0 Å². The maximum atomic E-state index is 12.3. The van der Waals surface area contributed by atoms with E-state index in [1.807, 2.05) is 30.3 Å². The fourth-order valence-corrected chi connectivity index (χ4v) is 6.14. The van der Waals surface area contributed by atoms with Crippen LogP contribution < -0.4 is 0 Å². The van der Waals surface area contributed by atoms with E-state index in [1.54, 1.807) is 24.3 Å². The van der Waals surface area contributed by atoms with E-state index in [4.69, 9.17) is 0 Å². The van der Waals surface area contributed by atoms with Crippen LogP contribution in [0.2, 0.25) is 0 Å². The highest BCUT2D eigenvalue weighted by Crippen LogP contribution is 2.44. The predicted octanol–water partition coefficient (Wildman–Crippen LogP) is 4.23. The maximum Gasteiger partial charge on any atom is 0.296 e. The van der Waals surface area contributed by atoms with Crippen molar-refractivity contribution in [3.8, 4) is 0 Å². The summed E-state index contributed by atoms with van der Waals surface area (Å²) in [5.74, 6) is 0. The molecule has 0 aliphatic carbocycles. The fraction of sp³-hybridized carbons (Fsp3) is 0. The molecule has 0 unspecified atom stereocenters. The molecule has 5 aromatic carbocycles. The van der Waals surface area contributed by atoms with Gasteiger partial charge in [0.15, 0.2) is 0 Å². The molecular weight excluding hydrogens is 400 g/mol. The standard InChI is InChI=1S/C20H12O6S2/c21-27(22,23)16-10-12-6-3-8-14-13-7-1-4-11-5-2-9-15(17(11)13)19(18(12)14)20(16)28(24,25)26/h1-10H,(H,21,22,23)(H,24,25,26). The van der Waals surface area contributed by atoms with Crippen molar-refractivity contribution in [2.45, 2.75) is 9.79 Å². The molecule has 0 saturated heterocycles. The van der Waals surface area contributed by atoms with Gasteiger partial charge in [-0.2, -0.15) is 16.8 Å². The largest absolute Gasteiger partial charge is 0.296 e. The Morgan fingerprint density at radius 1 is 0.571 bits per heavy atom. The third kappa shape index (κ3) is 2.26. The first-order chi connectivity index (χ1) is 13.2. The molecule has 5 aromatic rings. The Morgan fingerprint density at radius 3 is 1.68 bits per heavy atom. The highest BCUT2D eigenvalue weighted by atomic mass is 32.2. The van der Waals surface area contributed by atoms with Gasteiger partial charge < -0.3 is 0 Å². The van der Waals surface area contributed by atoms with Crippen LogP contribution in [0.25, 0.3) is 43.1 Å². The molecule has 0 amide bonds. The fourth-order valence-electron chi connectivity index (χ4n) is 4.12. The quantitative estimate of drug-likeness (QED) is 0.255. The number of fused-ring (bicyclic) bond motifs is 2. The summed E-state index contributed by atoms with van der Waals surface area (Å²) < 4.78 is 68.1. The van der Waals surface area contributed by atoms with E-state index >= 15 is 0 Å². The van der Waals surface area contributed by atoms with Crippen LogP contribution in [0.15, 0.2) is 70.5 Å². The van der Waals surface area contributed by atoms with Gasteiger partial charge in [0.05, 0.1) is 0 Å². The van der Waals surface area contributed by atoms with E-state index in [2.05, 4.69) is 0 Å². The van der Waals surface area contributed by atoms with Crippen molar-refractivity contribution < 1.29 is 25.9 Å². The van der Waals surface area contributed by atoms with Crippen molar-refractivity contribution in [3.63, 3.8) is 0 Å². The second kappa shape index (κ2) is 5.39. The highest BCUT2D eigenvalue weighted by molar-refractivity contribution is 7.89. The van der Waals surface area contributed by atoms with Crippen LogP contribution in [0.1, 0.15) is 0 Å². The Morgan fingerprint density at radius 2 is 1.11 bits per heavy atom. The van der Waals surface area contributed by atoms with Crippen LogP contribution in [0, 0.1) is 0 Å². The van der Waals surface area contributed by atoms with Crippen molar-refractivity contribution in [1.82, 2.24) is 0 Å². The Hall–Kier alpha value is -2.78. The molecular formula is C20H12O6S2. The van der Waals surface area contributed by atoms with Gasteiger partial charge in [-0.05, 0) is 43.8 Å². The third-order valence-corrected chi connectivity index (χ3v) is 7.03. The highest BCUT2D eigenvalue weighted by Gasteiger charge is 2.30. The molecule has 6 nitrogen and oxygen atoms in total. The zero-order valence-electron chi connectivity index (χ0n) is 14.1. The molecule has 0 saturated carbocycles. The molecule has 0 aromatic heterocycles. The zero-order chi connectivity index (χ0) is 19.8. The van der Waals surface area contributed by atoms with Gasteiger partial charge in [0.1, 0.15) is 9.79 Å². The summed E-state index contributed by atoms with van der Waals surface area (Å²) in [6, 6.07) is 17.2. The molecule has 0 aliphatic heterocycles. The van der Waals surface area contributed by atoms with Crippen molar-refractivity contribution >= 4 is 63.3 Å². The molecule has 8 heteroatoms. The Labute approximate surface area is 159 Å². The molecule has 5 rings (SSSR count). The normalized spacial score (nSPS) is 13.2. The van der Waals surface area contributed by atoms with Crippen LogP contribution in [0.5, 0.6) is 0 Å². The van der Waals surface area contributed by atoms with E-state index in [0.717, 1.165) is 27.6 Å².